The molecule has 0 saturated heterocycles. The SMILES string of the molecule is CC(C)C1=CC=C(OCC(COc2ccc(C(C)C)cc2)NC(=O)C(C)CC(=O)N(CCN)CCN)CC1. The fourth-order valence-corrected chi connectivity index (χ4v) is 4.22. The van der Waals surface area contributed by atoms with E-state index in [9.17, 15) is 9.59 Å². The lowest BCUT2D eigenvalue weighted by atomic mass is 9.94. The van der Waals surface area contributed by atoms with Crippen LogP contribution in [0.15, 0.2) is 47.7 Å². The molecule has 0 aliphatic heterocycles. The maximum Gasteiger partial charge on any atom is 0.223 e. The zero-order chi connectivity index (χ0) is 28.1. The molecule has 2 rings (SSSR count). The molecule has 38 heavy (non-hydrogen) atoms. The van der Waals surface area contributed by atoms with Gasteiger partial charge >= 0.3 is 0 Å². The van der Waals surface area contributed by atoms with Gasteiger partial charge < -0.3 is 31.2 Å². The molecule has 0 aromatic heterocycles. The minimum absolute atomic E-state index is 0.0882. The summed E-state index contributed by atoms with van der Waals surface area (Å²) in [7, 11) is 0. The summed E-state index contributed by atoms with van der Waals surface area (Å²) < 4.78 is 12.1. The van der Waals surface area contributed by atoms with Gasteiger partial charge in [0.2, 0.25) is 11.8 Å². The van der Waals surface area contributed by atoms with E-state index in [1.54, 1.807) is 11.8 Å². The van der Waals surface area contributed by atoms with Gasteiger partial charge in [-0.1, -0.05) is 58.4 Å². The Kier molecular flexibility index (Phi) is 13.4. The summed E-state index contributed by atoms with van der Waals surface area (Å²) in [4.78, 5) is 27.4. The van der Waals surface area contributed by atoms with E-state index in [4.69, 9.17) is 20.9 Å². The summed E-state index contributed by atoms with van der Waals surface area (Å²) in [5.41, 5.74) is 13.9. The first-order valence-corrected chi connectivity index (χ1v) is 13.9. The molecule has 2 atom stereocenters. The lowest BCUT2D eigenvalue weighted by Crippen LogP contribution is -2.46. The van der Waals surface area contributed by atoms with Gasteiger partial charge in [-0.3, -0.25) is 9.59 Å². The molecule has 8 heteroatoms. The van der Waals surface area contributed by atoms with E-state index in [-0.39, 0.29) is 37.5 Å². The molecule has 1 aromatic rings. The van der Waals surface area contributed by atoms with Crippen LogP contribution in [-0.4, -0.2) is 62.1 Å². The fraction of sp³-hybridized carbons (Fsp3) is 0.600. The number of hydrogen-bond acceptors (Lipinski definition) is 6. The van der Waals surface area contributed by atoms with Gasteiger partial charge in [-0.05, 0) is 42.0 Å². The molecule has 0 radical (unpaired) electrons. The van der Waals surface area contributed by atoms with Crippen LogP contribution in [0.5, 0.6) is 5.75 Å². The van der Waals surface area contributed by atoms with Crippen LogP contribution in [0.25, 0.3) is 0 Å². The van der Waals surface area contributed by atoms with Crippen molar-refractivity contribution in [3.63, 3.8) is 0 Å². The fourth-order valence-electron chi connectivity index (χ4n) is 4.22. The van der Waals surface area contributed by atoms with Crippen LogP contribution < -0.4 is 21.5 Å². The number of ether oxygens (including phenoxy) is 2. The molecule has 1 aromatic carbocycles. The summed E-state index contributed by atoms with van der Waals surface area (Å²) >= 11 is 0. The van der Waals surface area contributed by atoms with Crippen LogP contribution in [0.1, 0.15) is 65.4 Å². The van der Waals surface area contributed by atoms with Crippen molar-refractivity contribution < 1.29 is 19.1 Å². The third-order valence-corrected chi connectivity index (χ3v) is 6.78. The van der Waals surface area contributed by atoms with E-state index < -0.39 is 5.92 Å². The second-order valence-corrected chi connectivity index (χ2v) is 10.6. The molecule has 0 spiro atoms. The minimum Gasteiger partial charge on any atom is -0.496 e. The van der Waals surface area contributed by atoms with Gasteiger partial charge in [-0.15, -0.1) is 0 Å². The number of nitrogens with one attached hydrogen (secondary N) is 1. The lowest BCUT2D eigenvalue weighted by Gasteiger charge is -2.25. The Morgan fingerprint density at radius 2 is 1.53 bits per heavy atom. The van der Waals surface area contributed by atoms with E-state index in [2.05, 4.69) is 51.2 Å². The number of rotatable bonds is 16. The summed E-state index contributed by atoms with van der Waals surface area (Å²) in [5, 5.41) is 3.04. The van der Waals surface area contributed by atoms with E-state index >= 15 is 0 Å². The number of hydrogen-bond donors (Lipinski definition) is 3. The zero-order valence-electron chi connectivity index (χ0n) is 23.9. The molecular formula is C30H48N4O4. The molecule has 0 heterocycles. The van der Waals surface area contributed by atoms with Crippen LogP contribution in [0.4, 0.5) is 0 Å². The Morgan fingerprint density at radius 3 is 2.05 bits per heavy atom. The van der Waals surface area contributed by atoms with Gasteiger partial charge in [0.05, 0.1) is 11.8 Å². The first kappa shape index (κ1) is 31.4. The smallest absolute Gasteiger partial charge is 0.223 e. The molecule has 0 bridgehead atoms. The normalized spacial score (nSPS) is 15.0. The Hall–Kier alpha value is -2.84. The zero-order valence-corrected chi connectivity index (χ0v) is 23.9. The van der Waals surface area contributed by atoms with Crippen molar-refractivity contribution in [3.8, 4) is 5.75 Å². The third-order valence-electron chi connectivity index (χ3n) is 6.78. The summed E-state index contributed by atoms with van der Waals surface area (Å²) in [6, 6.07) is 7.61. The Balaban J connectivity index is 2.03. The summed E-state index contributed by atoms with van der Waals surface area (Å²) in [6.45, 7) is 12.5. The molecule has 2 unspecified atom stereocenters. The van der Waals surface area contributed by atoms with Crippen molar-refractivity contribution >= 4 is 11.8 Å². The van der Waals surface area contributed by atoms with Crippen molar-refractivity contribution in [2.75, 3.05) is 39.4 Å². The number of nitrogens with two attached hydrogens (primary N) is 2. The first-order valence-electron chi connectivity index (χ1n) is 13.9. The van der Waals surface area contributed by atoms with Crippen LogP contribution in [0.2, 0.25) is 0 Å². The molecule has 1 aliphatic rings. The minimum atomic E-state index is -0.515. The Labute approximate surface area is 228 Å². The lowest BCUT2D eigenvalue weighted by molar-refractivity contribution is -0.136. The van der Waals surface area contributed by atoms with Gasteiger partial charge in [0.1, 0.15) is 19.0 Å². The Morgan fingerprint density at radius 1 is 0.895 bits per heavy atom. The van der Waals surface area contributed by atoms with E-state index in [1.807, 2.05) is 18.2 Å². The number of carbonyl (C=O) groups is 2. The highest BCUT2D eigenvalue weighted by Gasteiger charge is 2.24. The predicted molar refractivity (Wildman–Crippen MR) is 153 cm³/mol. The van der Waals surface area contributed by atoms with Crippen LogP contribution >= 0.6 is 0 Å². The molecule has 1 aliphatic carbocycles. The Bertz CT molecular complexity index is 934. The van der Waals surface area contributed by atoms with Crippen molar-refractivity contribution in [1.29, 1.82) is 0 Å². The summed E-state index contributed by atoms with van der Waals surface area (Å²) in [6.07, 6.45) is 6.05. The topological polar surface area (TPSA) is 120 Å². The largest absolute Gasteiger partial charge is 0.496 e. The maximum absolute atomic E-state index is 13.1. The molecular weight excluding hydrogens is 480 g/mol. The van der Waals surface area contributed by atoms with Gasteiger partial charge in [0.15, 0.2) is 0 Å². The highest BCUT2D eigenvalue weighted by Crippen LogP contribution is 2.25. The van der Waals surface area contributed by atoms with Crippen LogP contribution in [-0.2, 0) is 14.3 Å². The van der Waals surface area contributed by atoms with Crippen molar-refractivity contribution in [2.45, 2.75) is 65.8 Å². The summed E-state index contributed by atoms with van der Waals surface area (Å²) in [5.74, 6) is 1.73. The average Bonchev–Trinajstić information content (AvgIpc) is 2.90. The highest BCUT2D eigenvalue weighted by atomic mass is 16.5. The maximum atomic E-state index is 13.1. The van der Waals surface area contributed by atoms with Crippen molar-refractivity contribution in [2.24, 2.45) is 23.3 Å². The van der Waals surface area contributed by atoms with Gasteiger partial charge in [-0.25, -0.2) is 0 Å². The second kappa shape index (κ2) is 16.2. The van der Waals surface area contributed by atoms with E-state index in [0.717, 1.165) is 24.4 Å². The third kappa shape index (κ3) is 10.5. The molecule has 0 fully saturated rings. The van der Waals surface area contributed by atoms with Crippen LogP contribution in [0.3, 0.4) is 0 Å². The number of carbonyl (C=O) groups excluding carboxylic acids is 2. The van der Waals surface area contributed by atoms with Gasteiger partial charge in [-0.2, -0.15) is 0 Å². The molecule has 8 nitrogen and oxygen atoms in total. The van der Waals surface area contributed by atoms with Gasteiger partial charge in [0, 0.05) is 44.9 Å². The van der Waals surface area contributed by atoms with Crippen LogP contribution in [0, 0.1) is 11.8 Å². The second-order valence-electron chi connectivity index (χ2n) is 10.6. The molecule has 2 amide bonds. The van der Waals surface area contributed by atoms with E-state index in [0.29, 0.717) is 38.0 Å². The van der Waals surface area contributed by atoms with Crippen molar-refractivity contribution in [3.05, 3.63) is 53.3 Å². The molecule has 0 saturated carbocycles. The molecule has 5 N–H and O–H groups in total. The highest BCUT2D eigenvalue weighted by molar-refractivity contribution is 5.85. The molecule has 212 valence electrons. The standard InChI is InChI=1S/C30H48N4O4/c1-21(2)24-6-10-27(11-7-24)37-19-26(20-38-28-12-8-25(9-13-28)22(3)4)33-30(36)23(5)18-29(35)34(16-14-31)17-15-32/h6-8,10-12,21-23,26H,9,13-20,31-32H2,1-5H3,(H,33,36). The van der Waals surface area contributed by atoms with Crippen molar-refractivity contribution in [1.82, 2.24) is 10.2 Å². The first-order chi connectivity index (χ1) is 18.1. The quantitative estimate of drug-likeness (QED) is 0.301. The number of amides is 2. The monoisotopic (exact) mass is 528 g/mol. The van der Waals surface area contributed by atoms with Gasteiger partial charge in [0.25, 0.3) is 0 Å². The predicted octanol–water partition coefficient (Wildman–Crippen LogP) is 3.72. The number of benzene rings is 1. The van der Waals surface area contributed by atoms with E-state index in [1.165, 1.54) is 11.1 Å². The number of nitrogens with zero attached hydrogens (tertiary/aromatic N) is 1. The number of allylic oxidation sites excluding steroid dienone is 4. The average molecular weight is 529 g/mol.